The standard InChI is InChI=1S/C17H21FN2O2/c1-12-19-15(11-22-12)9-20-7-6-14(17(21)10-20)8-13-4-2-3-5-16(13)18/h2-5,11,14,17,21H,6-10H2,1H3/t14-,17+/m1/s1. The van der Waals surface area contributed by atoms with Crippen LogP contribution in [0.2, 0.25) is 0 Å². The first-order valence-corrected chi connectivity index (χ1v) is 7.66. The summed E-state index contributed by atoms with van der Waals surface area (Å²) < 4.78 is 18.9. The molecular weight excluding hydrogens is 283 g/mol. The second-order valence-corrected chi connectivity index (χ2v) is 6.00. The van der Waals surface area contributed by atoms with E-state index in [9.17, 15) is 9.50 Å². The molecule has 2 aromatic rings. The number of rotatable bonds is 4. The Kier molecular flexibility index (Phi) is 4.55. The lowest BCUT2D eigenvalue weighted by Crippen LogP contribution is -2.44. The second-order valence-electron chi connectivity index (χ2n) is 6.00. The molecule has 22 heavy (non-hydrogen) atoms. The van der Waals surface area contributed by atoms with E-state index in [1.165, 1.54) is 6.07 Å². The molecule has 118 valence electrons. The van der Waals surface area contributed by atoms with Crippen molar-refractivity contribution in [3.63, 3.8) is 0 Å². The van der Waals surface area contributed by atoms with Crippen LogP contribution in [0.3, 0.4) is 0 Å². The Morgan fingerprint density at radius 3 is 2.91 bits per heavy atom. The number of aryl methyl sites for hydroxylation is 1. The summed E-state index contributed by atoms with van der Waals surface area (Å²) in [7, 11) is 0. The lowest BCUT2D eigenvalue weighted by atomic mass is 9.87. The van der Waals surface area contributed by atoms with Crippen LogP contribution < -0.4 is 0 Å². The second kappa shape index (κ2) is 6.58. The summed E-state index contributed by atoms with van der Waals surface area (Å²) in [5.74, 6) is 0.576. The molecule has 4 nitrogen and oxygen atoms in total. The Balaban J connectivity index is 1.57. The molecule has 0 unspecified atom stereocenters. The van der Waals surface area contributed by atoms with Crippen LogP contribution in [0.5, 0.6) is 0 Å². The normalized spacial score (nSPS) is 22.9. The largest absolute Gasteiger partial charge is 0.449 e. The van der Waals surface area contributed by atoms with Crippen molar-refractivity contribution < 1.29 is 13.9 Å². The Labute approximate surface area is 129 Å². The number of likely N-dealkylation sites (tertiary alicyclic amines) is 1. The third kappa shape index (κ3) is 3.54. The van der Waals surface area contributed by atoms with Crippen LogP contribution in [0.15, 0.2) is 34.9 Å². The molecule has 3 rings (SSSR count). The van der Waals surface area contributed by atoms with E-state index in [4.69, 9.17) is 4.42 Å². The summed E-state index contributed by atoms with van der Waals surface area (Å²) in [4.78, 5) is 6.46. The zero-order valence-corrected chi connectivity index (χ0v) is 12.7. The quantitative estimate of drug-likeness (QED) is 0.943. The van der Waals surface area contributed by atoms with Gasteiger partial charge in [-0.1, -0.05) is 18.2 Å². The van der Waals surface area contributed by atoms with Gasteiger partial charge in [0.2, 0.25) is 0 Å². The van der Waals surface area contributed by atoms with E-state index in [-0.39, 0.29) is 11.7 Å². The van der Waals surface area contributed by atoms with E-state index in [2.05, 4.69) is 9.88 Å². The molecular formula is C17H21FN2O2. The van der Waals surface area contributed by atoms with Gasteiger partial charge < -0.3 is 9.52 Å². The van der Waals surface area contributed by atoms with Gasteiger partial charge in [-0.25, -0.2) is 9.37 Å². The maximum atomic E-state index is 13.7. The minimum atomic E-state index is -0.443. The van der Waals surface area contributed by atoms with Gasteiger partial charge >= 0.3 is 0 Å². The van der Waals surface area contributed by atoms with Gasteiger partial charge in [-0.15, -0.1) is 0 Å². The molecule has 0 radical (unpaired) electrons. The highest BCUT2D eigenvalue weighted by molar-refractivity contribution is 5.18. The number of hydrogen-bond acceptors (Lipinski definition) is 4. The van der Waals surface area contributed by atoms with Gasteiger partial charge in [0.1, 0.15) is 12.1 Å². The fourth-order valence-corrected chi connectivity index (χ4v) is 3.08. The molecule has 2 atom stereocenters. The maximum Gasteiger partial charge on any atom is 0.191 e. The minimum Gasteiger partial charge on any atom is -0.449 e. The predicted molar refractivity (Wildman–Crippen MR) is 80.7 cm³/mol. The van der Waals surface area contributed by atoms with Crippen molar-refractivity contribution >= 4 is 0 Å². The van der Waals surface area contributed by atoms with Gasteiger partial charge in [-0.2, -0.15) is 0 Å². The zero-order chi connectivity index (χ0) is 15.5. The number of aliphatic hydroxyl groups excluding tert-OH is 1. The Morgan fingerprint density at radius 1 is 1.41 bits per heavy atom. The molecule has 1 N–H and O–H groups in total. The van der Waals surface area contributed by atoms with Crippen molar-refractivity contribution in [2.75, 3.05) is 13.1 Å². The summed E-state index contributed by atoms with van der Waals surface area (Å²) >= 11 is 0. The Bertz CT molecular complexity index is 629. The minimum absolute atomic E-state index is 0.104. The molecule has 1 aromatic heterocycles. The van der Waals surface area contributed by atoms with E-state index in [0.29, 0.717) is 31.0 Å². The topological polar surface area (TPSA) is 49.5 Å². The number of benzene rings is 1. The lowest BCUT2D eigenvalue weighted by Gasteiger charge is -2.35. The predicted octanol–water partition coefficient (Wildman–Crippen LogP) is 2.55. The number of halogens is 1. The van der Waals surface area contributed by atoms with Crippen molar-refractivity contribution in [1.29, 1.82) is 0 Å². The number of nitrogens with zero attached hydrogens (tertiary/aromatic N) is 2. The van der Waals surface area contributed by atoms with Crippen LogP contribution in [0.25, 0.3) is 0 Å². The highest BCUT2D eigenvalue weighted by atomic mass is 19.1. The number of hydrogen-bond donors (Lipinski definition) is 1. The number of piperidine rings is 1. The smallest absolute Gasteiger partial charge is 0.191 e. The average Bonchev–Trinajstić information content (AvgIpc) is 2.89. The molecule has 5 heteroatoms. The molecule has 0 aliphatic carbocycles. The first-order chi connectivity index (χ1) is 10.6. The third-order valence-corrected chi connectivity index (χ3v) is 4.30. The molecule has 1 aromatic carbocycles. The molecule has 2 heterocycles. The van der Waals surface area contributed by atoms with Gasteiger partial charge in [0.25, 0.3) is 0 Å². The van der Waals surface area contributed by atoms with Crippen molar-refractivity contribution in [2.24, 2.45) is 5.92 Å². The molecule has 0 amide bonds. The molecule has 1 fully saturated rings. The molecule has 1 saturated heterocycles. The molecule has 0 bridgehead atoms. The summed E-state index contributed by atoms with van der Waals surface area (Å²) in [6.45, 7) is 3.97. The van der Waals surface area contributed by atoms with E-state index in [1.807, 2.05) is 13.0 Å². The van der Waals surface area contributed by atoms with Crippen molar-refractivity contribution in [3.05, 3.63) is 53.5 Å². The number of aliphatic hydroxyl groups is 1. The highest BCUT2D eigenvalue weighted by Crippen LogP contribution is 2.24. The Morgan fingerprint density at radius 2 is 2.23 bits per heavy atom. The van der Waals surface area contributed by atoms with E-state index < -0.39 is 6.10 Å². The highest BCUT2D eigenvalue weighted by Gasteiger charge is 2.28. The SMILES string of the molecule is Cc1nc(CN2CC[C@H](Cc3ccccc3F)[C@@H](O)C2)co1. The van der Waals surface area contributed by atoms with E-state index >= 15 is 0 Å². The van der Waals surface area contributed by atoms with Gasteiger partial charge in [-0.3, -0.25) is 4.90 Å². The van der Waals surface area contributed by atoms with Crippen LogP contribution in [-0.4, -0.2) is 34.2 Å². The number of oxazole rings is 1. The molecule has 1 aliphatic heterocycles. The number of β-amino-alcohol motifs (C(OH)–C–C–N with tert-alkyl or cyclic N) is 1. The van der Waals surface area contributed by atoms with Crippen LogP contribution >= 0.6 is 0 Å². The van der Waals surface area contributed by atoms with Crippen molar-refractivity contribution in [3.8, 4) is 0 Å². The Hall–Kier alpha value is -1.72. The number of aromatic nitrogens is 1. The third-order valence-electron chi connectivity index (χ3n) is 4.30. The lowest BCUT2D eigenvalue weighted by molar-refractivity contribution is 0.0180. The van der Waals surface area contributed by atoms with Gasteiger partial charge in [0.15, 0.2) is 5.89 Å². The summed E-state index contributed by atoms with van der Waals surface area (Å²) in [5, 5.41) is 10.4. The summed E-state index contributed by atoms with van der Waals surface area (Å²) in [6, 6.07) is 6.81. The molecule has 0 spiro atoms. The molecule has 1 aliphatic rings. The van der Waals surface area contributed by atoms with Crippen LogP contribution in [0.1, 0.15) is 23.6 Å². The van der Waals surface area contributed by atoms with E-state index in [1.54, 1.807) is 18.4 Å². The maximum absolute atomic E-state index is 13.7. The fraction of sp³-hybridized carbons (Fsp3) is 0.471. The van der Waals surface area contributed by atoms with Crippen LogP contribution in [0, 0.1) is 18.7 Å². The average molecular weight is 304 g/mol. The first kappa shape index (κ1) is 15.2. The summed E-state index contributed by atoms with van der Waals surface area (Å²) in [6.07, 6.45) is 2.66. The molecule has 0 saturated carbocycles. The van der Waals surface area contributed by atoms with Gasteiger partial charge in [0.05, 0.1) is 11.8 Å². The van der Waals surface area contributed by atoms with Crippen LogP contribution in [-0.2, 0) is 13.0 Å². The van der Waals surface area contributed by atoms with Gasteiger partial charge in [0, 0.05) is 20.0 Å². The monoisotopic (exact) mass is 304 g/mol. The van der Waals surface area contributed by atoms with E-state index in [0.717, 1.165) is 18.7 Å². The van der Waals surface area contributed by atoms with Crippen molar-refractivity contribution in [2.45, 2.75) is 32.4 Å². The first-order valence-electron chi connectivity index (χ1n) is 7.66. The van der Waals surface area contributed by atoms with Crippen LogP contribution in [0.4, 0.5) is 4.39 Å². The van der Waals surface area contributed by atoms with Crippen molar-refractivity contribution in [1.82, 2.24) is 9.88 Å². The van der Waals surface area contributed by atoms with Gasteiger partial charge in [-0.05, 0) is 36.9 Å². The zero-order valence-electron chi connectivity index (χ0n) is 12.7. The fourth-order valence-electron chi connectivity index (χ4n) is 3.08. The summed E-state index contributed by atoms with van der Waals surface area (Å²) in [5.41, 5.74) is 1.57.